The summed E-state index contributed by atoms with van der Waals surface area (Å²) in [5.41, 5.74) is -0.384. The van der Waals surface area contributed by atoms with Gasteiger partial charge in [0.25, 0.3) is 0 Å². The van der Waals surface area contributed by atoms with E-state index in [4.69, 9.17) is 5.26 Å². The van der Waals surface area contributed by atoms with Crippen LogP contribution in [0.3, 0.4) is 0 Å². The SMILES string of the molecule is C=CC1(C=CC#N)C=CC=CN1. The molecule has 0 fully saturated rings. The van der Waals surface area contributed by atoms with Gasteiger partial charge in [-0.25, -0.2) is 0 Å². The maximum atomic E-state index is 8.37. The molecule has 0 aliphatic carbocycles. The van der Waals surface area contributed by atoms with E-state index in [0.29, 0.717) is 0 Å². The summed E-state index contributed by atoms with van der Waals surface area (Å²) >= 11 is 0. The van der Waals surface area contributed by atoms with Gasteiger partial charge < -0.3 is 5.32 Å². The van der Waals surface area contributed by atoms with Crippen molar-refractivity contribution in [2.24, 2.45) is 0 Å². The van der Waals surface area contributed by atoms with Crippen molar-refractivity contribution >= 4 is 0 Å². The van der Waals surface area contributed by atoms with Gasteiger partial charge in [0.2, 0.25) is 0 Å². The van der Waals surface area contributed by atoms with Crippen LogP contribution in [0.25, 0.3) is 0 Å². The van der Waals surface area contributed by atoms with Crippen molar-refractivity contribution in [1.82, 2.24) is 5.32 Å². The van der Waals surface area contributed by atoms with E-state index < -0.39 is 0 Å². The molecule has 2 nitrogen and oxygen atoms in total. The van der Waals surface area contributed by atoms with Gasteiger partial charge in [-0.05, 0) is 18.4 Å². The number of rotatable bonds is 2. The fourth-order valence-corrected chi connectivity index (χ4v) is 0.985. The van der Waals surface area contributed by atoms with Gasteiger partial charge in [0, 0.05) is 6.08 Å². The zero-order valence-corrected chi connectivity index (χ0v) is 6.70. The molecular weight excluding hydrogens is 148 g/mol. The average Bonchev–Trinajstić information content (AvgIpc) is 2.16. The van der Waals surface area contributed by atoms with Gasteiger partial charge >= 0.3 is 0 Å². The number of nitrogens with one attached hydrogen (secondary N) is 1. The molecule has 0 saturated heterocycles. The van der Waals surface area contributed by atoms with Crippen LogP contribution in [-0.4, -0.2) is 5.54 Å². The quantitative estimate of drug-likeness (QED) is 0.490. The van der Waals surface area contributed by atoms with Gasteiger partial charge in [0.05, 0.1) is 11.6 Å². The zero-order valence-electron chi connectivity index (χ0n) is 6.70. The number of allylic oxidation sites excluding steroid dienone is 3. The normalized spacial score (nSPS) is 26.6. The van der Waals surface area contributed by atoms with Crippen molar-refractivity contribution in [3.05, 3.63) is 49.2 Å². The Hall–Kier alpha value is -1.75. The largest absolute Gasteiger partial charge is 0.375 e. The van der Waals surface area contributed by atoms with E-state index in [0.717, 1.165) is 0 Å². The van der Waals surface area contributed by atoms with E-state index in [2.05, 4.69) is 11.9 Å². The molecule has 1 unspecified atom stereocenters. The number of hydrogen-bond donors (Lipinski definition) is 1. The Kier molecular flexibility index (Phi) is 2.49. The molecular formula is C10H10N2. The standard InChI is InChI=1S/C10H10N2/c1-2-10(7-5-8-11)6-3-4-9-12-10/h2-7,9,12H,1H2. The Labute approximate surface area is 72.2 Å². The Morgan fingerprint density at radius 3 is 2.83 bits per heavy atom. The molecule has 1 N–H and O–H groups in total. The van der Waals surface area contributed by atoms with Gasteiger partial charge in [0.1, 0.15) is 0 Å². The predicted octanol–water partition coefficient (Wildman–Crippen LogP) is 1.66. The summed E-state index contributed by atoms with van der Waals surface area (Å²) in [6.07, 6.45) is 12.5. The lowest BCUT2D eigenvalue weighted by Crippen LogP contribution is -2.36. The molecule has 1 heterocycles. The molecule has 0 bridgehead atoms. The molecule has 60 valence electrons. The summed E-state index contributed by atoms with van der Waals surface area (Å²) in [6, 6.07) is 1.95. The molecule has 2 heteroatoms. The molecule has 0 aromatic heterocycles. The molecule has 1 rings (SSSR count). The van der Waals surface area contributed by atoms with Gasteiger partial charge in [-0.1, -0.05) is 18.2 Å². The van der Waals surface area contributed by atoms with E-state index in [-0.39, 0.29) is 5.54 Å². The van der Waals surface area contributed by atoms with Gasteiger partial charge in [-0.3, -0.25) is 0 Å². The van der Waals surface area contributed by atoms with E-state index >= 15 is 0 Å². The summed E-state index contributed by atoms with van der Waals surface area (Å²) in [5.74, 6) is 0. The van der Waals surface area contributed by atoms with Gasteiger partial charge in [-0.15, -0.1) is 6.58 Å². The third-order valence-corrected chi connectivity index (χ3v) is 1.68. The fourth-order valence-electron chi connectivity index (χ4n) is 0.985. The van der Waals surface area contributed by atoms with Crippen LogP contribution in [0.1, 0.15) is 0 Å². The van der Waals surface area contributed by atoms with E-state index in [1.807, 2.05) is 30.5 Å². The summed E-state index contributed by atoms with van der Waals surface area (Å²) < 4.78 is 0. The van der Waals surface area contributed by atoms with Crippen LogP contribution in [0, 0.1) is 11.3 Å². The van der Waals surface area contributed by atoms with Crippen LogP contribution >= 0.6 is 0 Å². The first kappa shape index (κ1) is 8.35. The van der Waals surface area contributed by atoms with E-state index in [9.17, 15) is 0 Å². The summed E-state index contributed by atoms with van der Waals surface area (Å²) in [7, 11) is 0. The third-order valence-electron chi connectivity index (χ3n) is 1.68. The maximum Gasteiger partial charge on any atom is 0.0932 e. The molecule has 1 aliphatic rings. The van der Waals surface area contributed by atoms with Crippen molar-refractivity contribution in [2.45, 2.75) is 5.54 Å². The predicted molar refractivity (Wildman–Crippen MR) is 49.1 cm³/mol. The molecule has 0 radical (unpaired) electrons. The molecule has 1 atom stereocenters. The van der Waals surface area contributed by atoms with Crippen molar-refractivity contribution in [1.29, 1.82) is 5.26 Å². The van der Waals surface area contributed by atoms with Gasteiger partial charge in [-0.2, -0.15) is 5.26 Å². The highest BCUT2D eigenvalue weighted by atomic mass is 14.9. The fraction of sp³-hybridized carbons (Fsp3) is 0.100. The van der Waals surface area contributed by atoms with Crippen LogP contribution in [0.4, 0.5) is 0 Å². The molecule has 0 aromatic rings. The minimum absolute atomic E-state index is 0.384. The number of nitrogens with zero attached hydrogens (tertiary/aromatic N) is 1. The Morgan fingerprint density at radius 2 is 2.33 bits per heavy atom. The van der Waals surface area contributed by atoms with Crippen LogP contribution in [0.2, 0.25) is 0 Å². The van der Waals surface area contributed by atoms with Crippen LogP contribution in [-0.2, 0) is 0 Å². The number of hydrogen-bond acceptors (Lipinski definition) is 2. The number of nitriles is 1. The molecule has 0 amide bonds. The average molecular weight is 158 g/mol. The van der Waals surface area contributed by atoms with Crippen molar-refractivity contribution in [3.63, 3.8) is 0 Å². The molecule has 1 aliphatic heterocycles. The van der Waals surface area contributed by atoms with Gasteiger partial charge in [0.15, 0.2) is 0 Å². The number of dihydropyridines is 1. The lowest BCUT2D eigenvalue weighted by Gasteiger charge is -2.25. The Balaban J connectivity index is 2.85. The first-order valence-corrected chi connectivity index (χ1v) is 3.66. The van der Waals surface area contributed by atoms with Crippen LogP contribution in [0.5, 0.6) is 0 Å². The van der Waals surface area contributed by atoms with Crippen molar-refractivity contribution in [2.75, 3.05) is 0 Å². The van der Waals surface area contributed by atoms with Crippen LogP contribution in [0.15, 0.2) is 49.2 Å². The monoisotopic (exact) mass is 158 g/mol. The smallest absolute Gasteiger partial charge is 0.0932 e. The van der Waals surface area contributed by atoms with E-state index in [1.165, 1.54) is 6.08 Å². The molecule has 0 aromatic carbocycles. The second-order valence-electron chi connectivity index (χ2n) is 2.46. The Bertz CT molecular complexity index is 291. The highest BCUT2D eigenvalue weighted by molar-refractivity contribution is 5.34. The first-order chi connectivity index (χ1) is 5.83. The van der Waals surface area contributed by atoms with Crippen molar-refractivity contribution < 1.29 is 0 Å². The summed E-state index contributed by atoms with van der Waals surface area (Å²) in [6.45, 7) is 3.70. The zero-order chi connectivity index (χ0) is 8.86. The minimum Gasteiger partial charge on any atom is -0.375 e. The topological polar surface area (TPSA) is 35.8 Å². The molecule has 12 heavy (non-hydrogen) atoms. The molecule has 0 spiro atoms. The lowest BCUT2D eigenvalue weighted by atomic mass is 9.97. The Morgan fingerprint density at radius 1 is 1.50 bits per heavy atom. The van der Waals surface area contributed by atoms with Crippen molar-refractivity contribution in [3.8, 4) is 6.07 Å². The second-order valence-corrected chi connectivity index (χ2v) is 2.46. The highest BCUT2D eigenvalue weighted by Crippen LogP contribution is 2.13. The highest BCUT2D eigenvalue weighted by Gasteiger charge is 2.17. The lowest BCUT2D eigenvalue weighted by molar-refractivity contribution is 0.680. The maximum absolute atomic E-state index is 8.37. The second kappa shape index (κ2) is 3.59. The first-order valence-electron chi connectivity index (χ1n) is 3.66. The van der Waals surface area contributed by atoms with Crippen LogP contribution < -0.4 is 5.32 Å². The summed E-state index contributed by atoms with van der Waals surface area (Å²) in [5, 5.41) is 11.5. The minimum atomic E-state index is -0.384. The molecule has 0 saturated carbocycles. The third kappa shape index (κ3) is 1.64. The summed E-state index contributed by atoms with van der Waals surface area (Å²) in [4.78, 5) is 0. The van der Waals surface area contributed by atoms with E-state index in [1.54, 1.807) is 12.2 Å².